The predicted molar refractivity (Wildman–Crippen MR) is 117 cm³/mol. The molecule has 1 N–H and O–H groups in total. The zero-order valence-corrected chi connectivity index (χ0v) is 18.5. The molecule has 0 saturated heterocycles. The van der Waals surface area contributed by atoms with Crippen molar-refractivity contribution >= 4 is 12.0 Å². The fourth-order valence-corrected chi connectivity index (χ4v) is 4.03. The minimum Gasteiger partial charge on any atom is -0.493 e. The Bertz CT molecular complexity index is 660. The fraction of sp³-hybridized carbons (Fsp3) is 0.609. The Hall–Kier alpha value is -2.21. The summed E-state index contributed by atoms with van der Waals surface area (Å²) in [6.07, 6.45) is 8.02. The van der Waals surface area contributed by atoms with Crippen LogP contribution in [0, 0.1) is 5.92 Å². The van der Waals surface area contributed by atoms with Crippen LogP contribution in [0.15, 0.2) is 18.2 Å². The standard InChI is InChI=1S/C23H36N2O4/c1-6-25(7-2)16-18-10-8-9-11-19(18)24-22(26)13-12-17-14-20(27-3)23(29-5)21(15-17)28-4/h12-15,18-19H,6-11,16H2,1-5H3,(H,24,26)/b13-12+. The van der Waals surface area contributed by atoms with Gasteiger partial charge in [0.25, 0.3) is 0 Å². The molecule has 0 aliphatic heterocycles. The molecule has 0 radical (unpaired) electrons. The summed E-state index contributed by atoms with van der Waals surface area (Å²) in [5, 5.41) is 3.23. The van der Waals surface area contributed by atoms with E-state index in [4.69, 9.17) is 14.2 Å². The molecule has 1 aromatic rings. The van der Waals surface area contributed by atoms with E-state index < -0.39 is 0 Å². The van der Waals surface area contributed by atoms with Crippen molar-refractivity contribution in [2.45, 2.75) is 45.6 Å². The molecule has 1 aromatic carbocycles. The molecular formula is C23H36N2O4. The average molecular weight is 405 g/mol. The number of hydrogen-bond acceptors (Lipinski definition) is 5. The van der Waals surface area contributed by atoms with Crippen molar-refractivity contribution in [2.24, 2.45) is 5.92 Å². The normalized spacial score (nSPS) is 19.4. The lowest BCUT2D eigenvalue weighted by Crippen LogP contribution is -2.46. The van der Waals surface area contributed by atoms with Crippen molar-refractivity contribution in [1.82, 2.24) is 10.2 Å². The third kappa shape index (κ3) is 6.39. The number of nitrogens with zero attached hydrogens (tertiary/aromatic N) is 1. The first-order chi connectivity index (χ1) is 14.1. The van der Waals surface area contributed by atoms with E-state index in [2.05, 4.69) is 24.1 Å². The summed E-state index contributed by atoms with van der Waals surface area (Å²) in [6, 6.07) is 3.89. The summed E-state index contributed by atoms with van der Waals surface area (Å²) in [5.74, 6) is 2.13. The molecule has 2 atom stereocenters. The van der Waals surface area contributed by atoms with E-state index in [0.717, 1.165) is 31.6 Å². The Morgan fingerprint density at radius 1 is 1.07 bits per heavy atom. The third-order valence-electron chi connectivity index (χ3n) is 5.74. The first-order valence-corrected chi connectivity index (χ1v) is 10.6. The summed E-state index contributed by atoms with van der Waals surface area (Å²) < 4.78 is 16.1. The molecule has 29 heavy (non-hydrogen) atoms. The quantitative estimate of drug-likeness (QED) is 0.602. The van der Waals surface area contributed by atoms with Gasteiger partial charge in [0.1, 0.15) is 0 Å². The second-order valence-electron chi connectivity index (χ2n) is 7.44. The lowest BCUT2D eigenvalue weighted by Gasteiger charge is -2.35. The Balaban J connectivity index is 2.06. The van der Waals surface area contributed by atoms with Gasteiger partial charge in [-0.25, -0.2) is 0 Å². The number of methoxy groups -OCH3 is 3. The van der Waals surface area contributed by atoms with Gasteiger partial charge in [-0.15, -0.1) is 0 Å². The Morgan fingerprint density at radius 2 is 1.69 bits per heavy atom. The molecule has 162 valence electrons. The van der Waals surface area contributed by atoms with Gasteiger partial charge >= 0.3 is 0 Å². The Morgan fingerprint density at radius 3 is 2.24 bits per heavy atom. The fourth-order valence-electron chi connectivity index (χ4n) is 4.03. The summed E-state index contributed by atoms with van der Waals surface area (Å²) in [4.78, 5) is 15.0. The van der Waals surface area contributed by atoms with Crippen LogP contribution in [0.3, 0.4) is 0 Å². The number of ether oxygens (including phenoxy) is 3. The highest BCUT2D eigenvalue weighted by Gasteiger charge is 2.27. The Labute approximate surface area is 175 Å². The summed E-state index contributed by atoms with van der Waals surface area (Å²) in [5.41, 5.74) is 0.818. The highest BCUT2D eigenvalue weighted by atomic mass is 16.5. The highest BCUT2D eigenvalue weighted by Crippen LogP contribution is 2.38. The SMILES string of the molecule is CCN(CC)CC1CCCCC1NC(=O)/C=C/c1cc(OC)c(OC)c(OC)c1. The van der Waals surface area contributed by atoms with Crippen LogP contribution in [-0.2, 0) is 4.79 Å². The van der Waals surface area contributed by atoms with Crippen LogP contribution in [0.25, 0.3) is 6.08 Å². The van der Waals surface area contributed by atoms with Gasteiger partial charge in [0.05, 0.1) is 21.3 Å². The molecule has 2 rings (SSSR count). The van der Waals surface area contributed by atoms with Crippen LogP contribution in [0.1, 0.15) is 45.1 Å². The number of benzene rings is 1. The van der Waals surface area contributed by atoms with Crippen LogP contribution >= 0.6 is 0 Å². The molecular weight excluding hydrogens is 368 g/mol. The van der Waals surface area contributed by atoms with E-state index in [0.29, 0.717) is 23.2 Å². The lowest BCUT2D eigenvalue weighted by molar-refractivity contribution is -0.117. The van der Waals surface area contributed by atoms with Crippen molar-refractivity contribution in [3.8, 4) is 17.2 Å². The lowest BCUT2D eigenvalue weighted by atomic mass is 9.84. The molecule has 0 bridgehead atoms. The average Bonchev–Trinajstić information content (AvgIpc) is 2.76. The summed E-state index contributed by atoms with van der Waals surface area (Å²) in [6.45, 7) is 7.54. The van der Waals surface area contributed by atoms with Gasteiger partial charge in [0.2, 0.25) is 11.7 Å². The van der Waals surface area contributed by atoms with Crippen molar-refractivity contribution in [3.63, 3.8) is 0 Å². The molecule has 1 aliphatic carbocycles. The van der Waals surface area contributed by atoms with Crippen LogP contribution < -0.4 is 19.5 Å². The van der Waals surface area contributed by atoms with Gasteiger partial charge in [-0.2, -0.15) is 0 Å². The zero-order valence-electron chi connectivity index (χ0n) is 18.5. The first-order valence-electron chi connectivity index (χ1n) is 10.6. The minimum atomic E-state index is -0.0600. The van der Waals surface area contributed by atoms with Crippen molar-refractivity contribution < 1.29 is 19.0 Å². The van der Waals surface area contributed by atoms with Crippen molar-refractivity contribution in [2.75, 3.05) is 41.0 Å². The van der Waals surface area contributed by atoms with Crippen LogP contribution in [0.2, 0.25) is 0 Å². The van der Waals surface area contributed by atoms with E-state index in [1.165, 1.54) is 19.3 Å². The van der Waals surface area contributed by atoms with Crippen molar-refractivity contribution in [1.29, 1.82) is 0 Å². The maximum Gasteiger partial charge on any atom is 0.244 e. The van der Waals surface area contributed by atoms with Gasteiger partial charge < -0.3 is 24.4 Å². The molecule has 1 saturated carbocycles. The molecule has 1 aliphatic rings. The smallest absolute Gasteiger partial charge is 0.244 e. The van der Waals surface area contributed by atoms with Gasteiger partial charge in [-0.05, 0) is 55.6 Å². The number of amides is 1. The molecule has 6 nitrogen and oxygen atoms in total. The van der Waals surface area contributed by atoms with Gasteiger partial charge in [0.15, 0.2) is 11.5 Å². The van der Waals surface area contributed by atoms with Crippen LogP contribution in [0.4, 0.5) is 0 Å². The second-order valence-corrected chi connectivity index (χ2v) is 7.44. The number of hydrogen-bond donors (Lipinski definition) is 1. The maximum absolute atomic E-state index is 12.6. The Kier molecular flexibility index (Phi) is 9.32. The molecule has 1 amide bonds. The second kappa shape index (κ2) is 11.7. The molecule has 0 aromatic heterocycles. The topological polar surface area (TPSA) is 60.0 Å². The van der Waals surface area contributed by atoms with Crippen molar-refractivity contribution in [3.05, 3.63) is 23.8 Å². The largest absolute Gasteiger partial charge is 0.493 e. The molecule has 1 fully saturated rings. The van der Waals surface area contributed by atoms with E-state index >= 15 is 0 Å². The summed E-state index contributed by atoms with van der Waals surface area (Å²) in [7, 11) is 4.73. The molecule has 0 spiro atoms. The minimum absolute atomic E-state index is 0.0600. The van der Waals surface area contributed by atoms with Crippen LogP contribution in [0.5, 0.6) is 17.2 Å². The predicted octanol–water partition coefficient (Wildman–Crippen LogP) is 3.74. The van der Waals surface area contributed by atoms with Gasteiger partial charge in [0, 0.05) is 18.7 Å². The third-order valence-corrected chi connectivity index (χ3v) is 5.74. The van der Waals surface area contributed by atoms with Gasteiger partial charge in [-0.1, -0.05) is 26.7 Å². The monoisotopic (exact) mass is 404 g/mol. The maximum atomic E-state index is 12.6. The van der Waals surface area contributed by atoms with E-state index in [9.17, 15) is 4.79 Å². The molecule has 2 unspecified atom stereocenters. The summed E-state index contributed by atoms with van der Waals surface area (Å²) >= 11 is 0. The zero-order chi connectivity index (χ0) is 21.2. The number of carbonyl (C=O) groups excluding carboxylic acids is 1. The van der Waals surface area contributed by atoms with E-state index in [1.807, 2.05) is 12.1 Å². The van der Waals surface area contributed by atoms with Gasteiger partial charge in [-0.3, -0.25) is 4.79 Å². The molecule has 0 heterocycles. The number of nitrogens with one attached hydrogen (secondary N) is 1. The highest BCUT2D eigenvalue weighted by molar-refractivity contribution is 5.92. The molecule has 6 heteroatoms. The van der Waals surface area contributed by atoms with E-state index in [-0.39, 0.29) is 11.9 Å². The van der Waals surface area contributed by atoms with E-state index in [1.54, 1.807) is 33.5 Å². The number of rotatable bonds is 10. The first kappa shape index (κ1) is 23.1. The van der Waals surface area contributed by atoms with Crippen LogP contribution in [-0.4, -0.2) is 57.8 Å². The number of carbonyl (C=O) groups is 1.